The van der Waals surface area contributed by atoms with E-state index < -0.39 is 5.97 Å². The Morgan fingerprint density at radius 3 is 2.85 bits per heavy atom. The Morgan fingerprint density at radius 1 is 1.45 bits per heavy atom. The first-order chi connectivity index (χ1) is 9.63. The van der Waals surface area contributed by atoms with Gasteiger partial charge in [-0.05, 0) is 11.4 Å². The smallest absolute Gasteiger partial charge is 0.355 e. The minimum Gasteiger partial charge on any atom is -0.476 e. The summed E-state index contributed by atoms with van der Waals surface area (Å²) < 4.78 is 4.89. The largest absolute Gasteiger partial charge is 0.476 e. The molecule has 20 heavy (non-hydrogen) atoms. The van der Waals surface area contributed by atoms with Crippen molar-refractivity contribution in [1.29, 1.82) is 0 Å². The van der Waals surface area contributed by atoms with Crippen LogP contribution in [-0.2, 0) is 11.2 Å². The lowest BCUT2D eigenvalue weighted by molar-refractivity contribution is 0.0685. The van der Waals surface area contributed by atoms with Crippen LogP contribution in [0, 0.1) is 0 Å². The summed E-state index contributed by atoms with van der Waals surface area (Å²) in [5, 5.41) is 10.9. The number of ether oxygens (including phenoxy) is 1. The van der Waals surface area contributed by atoms with Gasteiger partial charge in [0.05, 0.1) is 17.0 Å². The molecule has 0 aromatic carbocycles. The molecule has 2 rings (SSSR count). The van der Waals surface area contributed by atoms with Crippen LogP contribution >= 0.6 is 11.3 Å². The van der Waals surface area contributed by atoms with Gasteiger partial charge >= 0.3 is 5.97 Å². The lowest BCUT2D eigenvalue weighted by Crippen LogP contribution is -2.15. The van der Waals surface area contributed by atoms with Crippen LogP contribution in [0.25, 0.3) is 0 Å². The lowest BCUT2D eigenvalue weighted by atomic mass is 10.1. The van der Waals surface area contributed by atoms with E-state index in [9.17, 15) is 14.7 Å². The molecular formula is C13H12N2O4S. The van der Waals surface area contributed by atoms with Crippen LogP contribution in [-0.4, -0.2) is 40.5 Å². The van der Waals surface area contributed by atoms with Crippen molar-refractivity contribution in [2.24, 2.45) is 0 Å². The number of methoxy groups -OCH3 is 1. The number of nitrogens with zero attached hydrogens (tertiary/aromatic N) is 2. The average molecular weight is 292 g/mol. The predicted molar refractivity (Wildman–Crippen MR) is 72.3 cm³/mol. The molecule has 7 heteroatoms. The topological polar surface area (TPSA) is 89.4 Å². The van der Waals surface area contributed by atoms with E-state index in [0.29, 0.717) is 23.7 Å². The van der Waals surface area contributed by atoms with Crippen molar-refractivity contribution in [2.45, 2.75) is 6.42 Å². The molecule has 104 valence electrons. The van der Waals surface area contributed by atoms with Gasteiger partial charge in [0, 0.05) is 19.7 Å². The molecule has 0 aliphatic heterocycles. The van der Waals surface area contributed by atoms with E-state index in [1.165, 1.54) is 24.6 Å². The van der Waals surface area contributed by atoms with Crippen LogP contribution in [0.4, 0.5) is 0 Å². The van der Waals surface area contributed by atoms with Crippen LogP contribution in [0.1, 0.15) is 31.5 Å². The summed E-state index contributed by atoms with van der Waals surface area (Å²) in [6, 6.07) is 3.36. The molecule has 0 saturated heterocycles. The van der Waals surface area contributed by atoms with E-state index in [4.69, 9.17) is 4.74 Å². The molecular weight excluding hydrogens is 280 g/mol. The maximum atomic E-state index is 12.2. The van der Waals surface area contributed by atoms with E-state index >= 15 is 0 Å². The Morgan fingerprint density at radius 2 is 2.25 bits per heavy atom. The van der Waals surface area contributed by atoms with Crippen molar-refractivity contribution in [3.63, 3.8) is 0 Å². The maximum absolute atomic E-state index is 12.2. The van der Waals surface area contributed by atoms with Gasteiger partial charge in [0.15, 0.2) is 5.69 Å². The number of thiophene rings is 1. The minimum atomic E-state index is -1.24. The van der Waals surface area contributed by atoms with Crippen molar-refractivity contribution in [3.05, 3.63) is 45.7 Å². The Balaban J connectivity index is 2.37. The molecule has 2 aromatic rings. The van der Waals surface area contributed by atoms with Gasteiger partial charge in [-0.3, -0.25) is 4.79 Å². The van der Waals surface area contributed by atoms with Crippen molar-refractivity contribution in [2.75, 3.05) is 13.7 Å². The summed E-state index contributed by atoms with van der Waals surface area (Å²) in [5.74, 6) is -1.28. The van der Waals surface area contributed by atoms with Crippen molar-refractivity contribution >= 4 is 23.1 Å². The zero-order valence-electron chi connectivity index (χ0n) is 10.7. The Hall–Kier alpha value is -2.12. The molecule has 0 saturated carbocycles. The van der Waals surface area contributed by atoms with E-state index in [2.05, 4.69) is 9.97 Å². The summed E-state index contributed by atoms with van der Waals surface area (Å²) in [7, 11) is 1.53. The molecule has 0 aliphatic carbocycles. The molecule has 0 amide bonds. The van der Waals surface area contributed by atoms with Gasteiger partial charge in [-0.25, -0.2) is 14.8 Å². The fourth-order valence-electron chi connectivity index (χ4n) is 1.60. The summed E-state index contributed by atoms with van der Waals surface area (Å²) in [6.45, 7) is 0.386. The van der Waals surface area contributed by atoms with Crippen molar-refractivity contribution < 1.29 is 19.4 Å². The number of carbonyl (C=O) groups is 2. The third kappa shape index (κ3) is 3.06. The summed E-state index contributed by atoms with van der Waals surface area (Å²) in [5.41, 5.74) is -0.273. The highest BCUT2D eigenvalue weighted by molar-refractivity contribution is 7.12. The summed E-state index contributed by atoms with van der Waals surface area (Å²) in [4.78, 5) is 31.9. The van der Waals surface area contributed by atoms with E-state index in [1.54, 1.807) is 17.5 Å². The lowest BCUT2D eigenvalue weighted by Gasteiger charge is -2.05. The molecule has 2 heterocycles. The fourth-order valence-corrected chi connectivity index (χ4v) is 2.28. The second-order valence-corrected chi connectivity index (χ2v) is 4.85. The first kappa shape index (κ1) is 14.3. The van der Waals surface area contributed by atoms with Gasteiger partial charge in [-0.15, -0.1) is 11.3 Å². The molecule has 0 radical (unpaired) electrons. The van der Waals surface area contributed by atoms with Gasteiger partial charge in [0.2, 0.25) is 5.78 Å². The third-order valence-corrected chi connectivity index (χ3v) is 3.43. The molecule has 2 aromatic heterocycles. The van der Waals surface area contributed by atoms with Crippen molar-refractivity contribution in [3.8, 4) is 0 Å². The molecule has 1 N–H and O–H groups in total. The number of hydrogen-bond donors (Lipinski definition) is 1. The zero-order chi connectivity index (χ0) is 14.5. The van der Waals surface area contributed by atoms with E-state index in [1.807, 2.05) is 0 Å². The first-order valence-corrected chi connectivity index (χ1v) is 6.67. The first-order valence-electron chi connectivity index (χ1n) is 5.80. The standard InChI is InChI=1S/C13H12N2O4S/c1-19-5-4-10-14-7-8(11(15-10)13(17)18)12(16)9-3-2-6-20-9/h2-3,6-7H,4-5H2,1H3,(H,17,18). The van der Waals surface area contributed by atoms with Gasteiger partial charge in [0.1, 0.15) is 5.82 Å². The van der Waals surface area contributed by atoms with Crippen LogP contribution in [0.15, 0.2) is 23.7 Å². The average Bonchev–Trinajstić information content (AvgIpc) is 2.98. The molecule has 0 bridgehead atoms. The van der Waals surface area contributed by atoms with Crippen molar-refractivity contribution in [1.82, 2.24) is 9.97 Å². The monoisotopic (exact) mass is 292 g/mol. The highest BCUT2D eigenvalue weighted by Gasteiger charge is 2.21. The minimum absolute atomic E-state index is 0.00103. The fraction of sp³-hybridized carbons (Fsp3) is 0.231. The molecule has 0 unspecified atom stereocenters. The second kappa shape index (κ2) is 6.36. The molecule has 0 atom stereocenters. The number of carboxylic acids is 1. The molecule has 0 spiro atoms. The molecule has 0 fully saturated rings. The van der Waals surface area contributed by atoms with E-state index in [0.717, 1.165) is 0 Å². The highest BCUT2D eigenvalue weighted by Crippen LogP contribution is 2.17. The van der Waals surface area contributed by atoms with Crippen LogP contribution < -0.4 is 0 Å². The number of hydrogen-bond acceptors (Lipinski definition) is 6. The maximum Gasteiger partial charge on any atom is 0.355 e. The summed E-state index contributed by atoms with van der Waals surface area (Å²) in [6.07, 6.45) is 1.66. The quantitative estimate of drug-likeness (QED) is 0.814. The Kier molecular flexibility index (Phi) is 4.54. The van der Waals surface area contributed by atoms with Crippen LogP contribution in [0.3, 0.4) is 0 Å². The summed E-state index contributed by atoms with van der Waals surface area (Å²) >= 11 is 1.25. The van der Waals surface area contributed by atoms with E-state index in [-0.39, 0.29) is 17.0 Å². The van der Waals surface area contributed by atoms with Crippen LogP contribution in [0.5, 0.6) is 0 Å². The Labute approximate surface area is 119 Å². The van der Waals surface area contributed by atoms with Gasteiger partial charge in [0.25, 0.3) is 0 Å². The normalized spacial score (nSPS) is 10.4. The number of ketones is 1. The number of carbonyl (C=O) groups excluding carboxylic acids is 1. The Bertz CT molecular complexity index is 625. The predicted octanol–water partition coefficient (Wildman–Crippen LogP) is 1.66. The number of aromatic carboxylic acids is 1. The highest BCUT2D eigenvalue weighted by atomic mass is 32.1. The number of carboxylic acid groups (broad SMARTS) is 1. The number of rotatable bonds is 6. The van der Waals surface area contributed by atoms with Crippen LogP contribution in [0.2, 0.25) is 0 Å². The van der Waals surface area contributed by atoms with Gasteiger partial charge < -0.3 is 9.84 Å². The van der Waals surface area contributed by atoms with Gasteiger partial charge in [-0.1, -0.05) is 6.07 Å². The zero-order valence-corrected chi connectivity index (χ0v) is 11.5. The van der Waals surface area contributed by atoms with Gasteiger partial charge in [-0.2, -0.15) is 0 Å². The third-order valence-electron chi connectivity index (χ3n) is 2.56. The molecule has 0 aliphatic rings. The SMILES string of the molecule is COCCc1ncc(C(=O)c2cccs2)c(C(=O)O)n1. The number of aromatic nitrogens is 2. The second-order valence-electron chi connectivity index (χ2n) is 3.90. The molecule has 6 nitrogen and oxygen atoms in total.